The van der Waals surface area contributed by atoms with Crippen molar-refractivity contribution in [1.29, 1.82) is 0 Å². The summed E-state index contributed by atoms with van der Waals surface area (Å²) in [7, 11) is 3.07. The third-order valence-corrected chi connectivity index (χ3v) is 7.38. The van der Waals surface area contributed by atoms with Crippen molar-refractivity contribution in [2.75, 3.05) is 11.1 Å². The fourth-order valence-electron chi connectivity index (χ4n) is 4.55. The first-order valence-corrected chi connectivity index (χ1v) is 15.6. The van der Waals surface area contributed by atoms with Gasteiger partial charge in [0.25, 0.3) is 5.91 Å². The number of aromatic carboxylic acids is 1. The minimum absolute atomic E-state index is 0.118. The number of halogens is 4. The number of hydrogen-bond donors (Lipinski definition) is 3. The number of pyridine rings is 4. The number of carboxylic acid groups (broad SMARTS) is 1. The number of rotatable bonds is 7. The highest BCUT2D eigenvalue weighted by molar-refractivity contribution is 6.03. The van der Waals surface area contributed by atoms with Crippen LogP contribution in [0.2, 0.25) is 0 Å². The molecule has 0 aliphatic carbocycles. The molecule has 0 saturated heterocycles. The molecular weight excluding hydrogens is 696 g/mol. The SMILES string of the molecule is Cn1cc(C(=O)Nc2ccc(Cc3ccc(F)c(F)c3)cn2)ccc1=O.Cn1cc(C(=O)O)ccc1=O.Nc1ccc(Cc2ccc(F)c(F)c2)cn1. The molecule has 0 bridgehead atoms. The zero-order valence-electron chi connectivity index (χ0n) is 28.3. The highest BCUT2D eigenvalue weighted by atomic mass is 19.2. The lowest BCUT2D eigenvalue weighted by molar-refractivity contribution is 0.0695. The fraction of sp³-hybridized carbons (Fsp3) is 0.105. The number of nitrogens with zero attached hydrogens (tertiary/aromatic N) is 4. The van der Waals surface area contributed by atoms with Crippen molar-refractivity contribution in [1.82, 2.24) is 19.1 Å². The van der Waals surface area contributed by atoms with Crippen LogP contribution in [0, 0.1) is 23.3 Å². The second-order valence-corrected chi connectivity index (χ2v) is 11.5. The van der Waals surface area contributed by atoms with Gasteiger partial charge in [-0.25, -0.2) is 32.3 Å². The zero-order chi connectivity index (χ0) is 38.7. The maximum absolute atomic E-state index is 13.2. The Morgan fingerprint density at radius 2 is 1.11 bits per heavy atom. The minimum Gasteiger partial charge on any atom is -0.478 e. The Kier molecular flexibility index (Phi) is 13.1. The van der Waals surface area contributed by atoms with Gasteiger partial charge in [-0.2, -0.15) is 0 Å². The van der Waals surface area contributed by atoms with Gasteiger partial charge in [-0.15, -0.1) is 0 Å². The molecule has 6 rings (SSSR count). The summed E-state index contributed by atoms with van der Waals surface area (Å²) in [5.41, 5.74) is 8.48. The van der Waals surface area contributed by atoms with Gasteiger partial charge in [-0.05, 0) is 83.6 Å². The van der Waals surface area contributed by atoms with Gasteiger partial charge in [-0.1, -0.05) is 24.3 Å². The van der Waals surface area contributed by atoms with Crippen LogP contribution in [-0.4, -0.2) is 36.1 Å². The van der Waals surface area contributed by atoms with Crippen molar-refractivity contribution in [2.24, 2.45) is 14.1 Å². The van der Waals surface area contributed by atoms with Crippen LogP contribution in [0.15, 0.2) is 119 Å². The molecular formula is C38H32F4N6O5. The Labute approximate surface area is 299 Å². The average molecular weight is 729 g/mol. The molecule has 53 heavy (non-hydrogen) atoms. The molecule has 272 valence electrons. The van der Waals surface area contributed by atoms with Gasteiger partial charge in [0.05, 0.1) is 11.1 Å². The van der Waals surface area contributed by atoms with E-state index in [1.807, 2.05) is 6.07 Å². The molecule has 0 saturated carbocycles. The molecule has 0 aliphatic heterocycles. The first-order chi connectivity index (χ1) is 25.2. The van der Waals surface area contributed by atoms with E-state index < -0.39 is 29.2 Å². The third-order valence-electron chi connectivity index (χ3n) is 7.38. The number of carbonyl (C=O) groups excluding carboxylic acids is 1. The molecule has 4 aromatic heterocycles. The fourth-order valence-corrected chi connectivity index (χ4v) is 4.55. The zero-order valence-corrected chi connectivity index (χ0v) is 28.3. The van der Waals surface area contributed by atoms with Crippen LogP contribution in [0.5, 0.6) is 0 Å². The van der Waals surface area contributed by atoms with Crippen molar-refractivity contribution in [3.8, 4) is 0 Å². The topological polar surface area (TPSA) is 162 Å². The van der Waals surface area contributed by atoms with Gasteiger partial charge in [0, 0.05) is 51.0 Å². The molecule has 0 atom stereocenters. The molecule has 4 N–H and O–H groups in total. The molecule has 11 nitrogen and oxygen atoms in total. The maximum atomic E-state index is 13.2. The summed E-state index contributed by atoms with van der Waals surface area (Å²) in [5, 5.41) is 11.1. The van der Waals surface area contributed by atoms with Gasteiger partial charge in [0.15, 0.2) is 23.3 Å². The van der Waals surface area contributed by atoms with Crippen LogP contribution < -0.4 is 22.2 Å². The molecule has 0 spiro atoms. The molecule has 2 aromatic carbocycles. The van der Waals surface area contributed by atoms with Crippen LogP contribution in [0.4, 0.5) is 29.2 Å². The van der Waals surface area contributed by atoms with Gasteiger partial charge in [0.1, 0.15) is 11.6 Å². The van der Waals surface area contributed by atoms with Crippen molar-refractivity contribution in [3.63, 3.8) is 0 Å². The van der Waals surface area contributed by atoms with Gasteiger partial charge in [-0.3, -0.25) is 14.4 Å². The summed E-state index contributed by atoms with van der Waals surface area (Å²) in [4.78, 5) is 52.7. The van der Waals surface area contributed by atoms with Crippen LogP contribution in [0.25, 0.3) is 0 Å². The van der Waals surface area contributed by atoms with E-state index in [0.29, 0.717) is 41.2 Å². The van der Waals surface area contributed by atoms with E-state index in [1.54, 1.807) is 43.7 Å². The summed E-state index contributed by atoms with van der Waals surface area (Å²) < 4.78 is 54.4. The smallest absolute Gasteiger partial charge is 0.337 e. The summed E-state index contributed by atoms with van der Waals surface area (Å²) in [6.07, 6.45) is 6.79. The van der Waals surface area contributed by atoms with E-state index in [1.165, 1.54) is 65.0 Å². The van der Waals surface area contributed by atoms with E-state index in [4.69, 9.17) is 10.8 Å². The number of benzene rings is 2. The predicted molar refractivity (Wildman–Crippen MR) is 189 cm³/mol. The molecule has 1 amide bonds. The van der Waals surface area contributed by atoms with E-state index in [2.05, 4.69) is 15.3 Å². The number of nitrogens with two attached hydrogens (primary N) is 1. The molecule has 4 heterocycles. The van der Waals surface area contributed by atoms with E-state index in [0.717, 1.165) is 29.3 Å². The lowest BCUT2D eigenvalue weighted by Crippen LogP contribution is -2.19. The van der Waals surface area contributed by atoms with Crippen LogP contribution in [0.1, 0.15) is 43.0 Å². The quantitative estimate of drug-likeness (QED) is 0.181. The maximum Gasteiger partial charge on any atom is 0.337 e. The average Bonchev–Trinajstić information content (AvgIpc) is 3.12. The normalized spacial score (nSPS) is 10.3. The third kappa shape index (κ3) is 11.6. The lowest BCUT2D eigenvalue weighted by atomic mass is 10.1. The highest BCUT2D eigenvalue weighted by Crippen LogP contribution is 2.15. The Balaban J connectivity index is 0.000000197. The van der Waals surface area contributed by atoms with E-state index >= 15 is 0 Å². The Morgan fingerprint density at radius 3 is 1.55 bits per heavy atom. The molecule has 15 heteroatoms. The Morgan fingerprint density at radius 1 is 0.642 bits per heavy atom. The van der Waals surface area contributed by atoms with Gasteiger partial charge in [0.2, 0.25) is 11.1 Å². The van der Waals surface area contributed by atoms with Crippen LogP contribution in [0.3, 0.4) is 0 Å². The molecule has 0 fully saturated rings. The molecule has 0 radical (unpaired) electrons. The van der Waals surface area contributed by atoms with Gasteiger partial charge >= 0.3 is 5.97 Å². The number of carbonyl (C=O) groups is 2. The van der Waals surface area contributed by atoms with Crippen molar-refractivity contribution >= 4 is 23.5 Å². The first kappa shape index (κ1) is 38.9. The number of carboxylic acids is 1. The van der Waals surface area contributed by atoms with E-state index in [-0.39, 0.29) is 22.6 Å². The van der Waals surface area contributed by atoms with Crippen molar-refractivity contribution in [3.05, 3.63) is 187 Å². The number of nitrogens with one attached hydrogen (secondary N) is 1. The van der Waals surface area contributed by atoms with Crippen molar-refractivity contribution < 1.29 is 32.3 Å². The number of nitrogen functional groups attached to an aromatic ring is 1. The molecule has 0 unspecified atom stereocenters. The number of hydrogen-bond acceptors (Lipinski definition) is 7. The number of amides is 1. The first-order valence-electron chi connectivity index (χ1n) is 15.6. The predicted octanol–water partition coefficient (Wildman–Crippen LogP) is 5.52. The summed E-state index contributed by atoms with van der Waals surface area (Å²) in [5.74, 6) is -4.07. The largest absolute Gasteiger partial charge is 0.478 e. The van der Waals surface area contributed by atoms with E-state index in [9.17, 15) is 36.7 Å². The molecule has 6 aromatic rings. The van der Waals surface area contributed by atoms with Gasteiger partial charge < -0.3 is 25.3 Å². The van der Waals surface area contributed by atoms with Crippen LogP contribution >= 0.6 is 0 Å². The lowest BCUT2D eigenvalue weighted by Gasteiger charge is -2.07. The Hall–Kier alpha value is -6.90. The minimum atomic E-state index is -1.03. The summed E-state index contributed by atoms with van der Waals surface area (Å²) in [6, 6.07) is 19.7. The second kappa shape index (κ2) is 17.8. The standard InChI is InChI=1S/C19H15F2N3O2.C12H10F2N2.C7H7NO3/c1-24-11-14(4-7-18(24)25)19(26)23-17-6-3-13(10-22-17)8-12-2-5-15(20)16(21)9-12;13-10-3-1-8(6-11(10)14)5-9-2-4-12(15)16-7-9;1-8-4-5(7(10)11)2-3-6(8)9/h2-7,9-11H,8H2,1H3,(H,22,23,26);1-4,6-7H,5H2,(H2,15,16);2-4H,1H3,(H,10,11). The number of aryl methyl sites for hydroxylation is 2. The summed E-state index contributed by atoms with van der Waals surface area (Å²) >= 11 is 0. The molecule has 0 aliphatic rings. The number of anilines is 2. The second-order valence-electron chi connectivity index (χ2n) is 11.5. The Bertz CT molecular complexity index is 2350. The van der Waals surface area contributed by atoms with Crippen molar-refractivity contribution in [2.45, 2.75) is 12.8 Å². The summed E-state index contributed by atoms with van der Waals surface area (Å²) in [6.45, 7) is 0. The van der Waals surface area contributed by atoms with Crippen LogP contribution in [-0.2, 0) is 26.9 Å². The number of aromatic nitrogens is 4. The highest BCUT2D eigenvalue weighted by Gasteiger charge is 2.09. The monoisotopic (exact) mass is 728 g/mol.